The Kier molecular flexibility index (Phi) is 7.27. The number of carbonyl (C=O) groups excluding carboxylic acids is 1. The molecule has 4 nitrogen and oxygen atoms in total. The van der Waals surface area contributed by atoms with Crippen LogP contribution >= 0.6 is 0 Å². The highest BCUT2D eigenvalue weighted by atomic mass is 19.1. The van der Waals surface area contributed by atoms with E-state index in [1.165, 1.54) is 12.1 Å². The lowest BCUT2D eigenvalue weighted by Crippen LogP contribution is -2.30. The summed E-state index contributed by atoms with van der Waals surface area (Å²) in [5.41, 5.74) is 3.18. The maximum Gasteiger partial charge on any atom is 0.253 e. The largest absolute Gasteiger partial charge is 0.456 e. The average molecular weight is 411 g/mol. The first-order valence-electron chi connectivity index (χ1n) is 10.9. The molecular weight excluding hydrogens is 379 g/mol. The highest BCUT2D eigenvalue weighted by Gasteiger charge is 2.24. The molecule has 0 spiro atoms. The summed E-state index contributed by atoms with van der Waals surface area (Å²) in [5.74, 6) is 0.938. The van der Waals surface area contributed by atoms with Crippen LogP contribution in [0.2, 0.25) is 0 Å². The second-order valence-electron chi connectivity index (χ2n) is 7.45. The molecule has 30 heavy (non-hydrogen) atoms. The van der Waals surface area contributed by atoms with Gasteiger partial charge >= 0.3 is 0 Å². The Morgan fingerprint density at radius 3 is 2.50 bits per heavy atom. The van der Waals surface area contributed by atoms with Crippen molar-refractivity contribution in [3.8, 4) is 11.5 Å². The zero-order valence-electron chi connectivity index (χ0n) is 18.3. The number of carbonyl (C=O) groups is 1. The van der Waals surface area contributed by atoms with Gasteiger partial charge in [0.2, 0.25) is 0 Å². The first kappa shape index (κ1) is 22.0. The molecule has 0 fully saturated rings. The number of benzene rings is 2. The Balaban J connectivity index is 2.03. The van der Waals surface area contributed by atoms with Crippen molar-refractivity contribution in [2.75, 3.05) is 19.6 Å². The van der Waals surface area contributed by atoms with Gasteiger partial charge in [-0.15, -0.1) is 0 Å². The van der Waals surface area contributed by atoms with Crippen LogP contribution in [0.1, 0.15) is 62.0 Å². The van der Waals surface area contributed by atoms with E-state index >= 15 is 0 Å². The van der Waals surface area contributed by atoms with Gasteiger partial charge < -0.3 is 15.0 Å². The van der Waals surface area contributed by atoms with Gasteiger partial charge in [0.05, 0.1) is 0 Å². The maximum atomic E-state index is 14.0. The lowest BCUT2D eigenvalue weighted by Gasteiger charge is -2.25. The lowest BCUT2D eigenvalue weighted by atomic mass is 9.91. The zero-order valence-corrected chi connectivity index (χ0v) is 18.3. The minimum absolute atomic E-state index is 0.0139. The summed E-state index contributed by atoms with van der Waals surface area (Å²) in [4.78, 5) is 14.6. The first-order chi connectivity index (χ1) is 14.5. The van der Waals surface area contributed by atoms with E-state index in [0.717, 1.165) is 36.1 Å². The monoisotopic (exact) mass is 410 g/mol. The van der Waals surface area contributed by atoms with Crippen molar-refractivity contribution in [3.63, 3.8) is 0 Å². The number of hydrogen-bond acceptors (Lipinski definition) is 3. The molecule has 0 saturated heterocycles. The van der Waals surface area contributed by atoms with Gasteiger partial charge in [-0.2, -0.15) is 0 Å². The summed E-state index contributed by atoms with van der Waals surface area (Å²) in [5, 5.41) is 3.48. The summed E-state index contributed by atoms with van der Waals surface area (Å²) in [6.45, 7) is 10.4. The van der Waals surface area contributed by atoms with E-state index in [0.29, 0.717) is 36.2 Å². The van der Waals surface area contributed by atoms with E-state index in [9.17, 15) is 9.18 Å². The number of rotatable bonds is 8. The molecule has 0 aromatic heterocycles. The second kappa shape index (κ2) is 9.90. The molecule has 1 N–H and O–H groups in total. The molecular formula is C25H31FN2O2. The van der Waals surface area contributed by atoms with Crippen molar-refractivity contribution in [1.29, 1.82) is 0 Å². The van der Waals surface area contributed by atoms with Gasteiger partial charge in [-0.05, 0) is 75.2 Å². The molecule has 0 radical (unpaired) electrons. The van der Waals surface area contributed by atoms with E-state index in [2.05, 4.69) is 25.2 Å². The Labute approximate surface area is 178 Å². The Morgan fingerprint density at radius 2 is 1.83 bits per heavy atom. The van der Waals surface area contributed by atoms with Gasteiger partial charge in [0.15, 0.2) is 0 Å². The molecule has 2 aromatic rings. The van der Waals surface area contributed by atoms with Crippen molar-refractivity contribution in [3.05, 3.63) is 65.0 Å². The summed E-state index contributed by atoms with van der Waals surface area (Å²) in [7, 11) is 0. The predicted octanol–water partition coefficient (Wildman–Crippen LogP) is 5.62. The van der Waals surface area contributed by atoms with Crippen LogP contribution in [0.25, 0.3) is 5.57 Å². The quantitative estimate of drug-likeness (QED) is 0.524. The first-order valence-corrected chi connectivity index (χ1v) is 10.9. The molecule has 1 atom stereocenters. The number of hydrogen-bond donors (Lipinski definition) is 1. The summed E-state index contributed by atoms with van der Waals surface area (Å²) >= 11 is 0. The van der Waals surface area contributed by atoms with Gasteiger partial charge in [-0.3, -0.25) is 4.79 Å². The van der Waals surface area contributed by atoms with Gasteiger partial charge in [0, 0.05) is 35.8 Å². The number of nitrogens with one attached hydrogen (secondary N) is 1. The third-order valence-electron chi connectivity index (χ3n) is 5.61. The fourth-order valence-electron chi connectivity index (χ4n) is 3.88. The van der Waals surface area contributed by atoms with Crippen LogP contribution in [0.3, 0.4) is 0 Å². The number of ether oxygens (including phenoxy) is 1. The van der Waals surface area contributed by atoms with Crippen LogP contribution in [-0.2, 0) is 0 Å². The molecule has 0 aliphatic carbocycles. The molecule has 1 heterocycles. The normalized spacial score (nSPS) is 14.6. The van der Waals surface area contributed by atoms with E-state index in [1.807, 2.05) is 26.0 Å². The highest BCUT2D eigenvalue weighted by molar-refractivity contribution is 5.96. The lowest BCUT2D eigenvalue weighted by molar-refractivity contribution is 0.0772. The topological polar surface area (TPSA) is 41.6 Å². The highest BCUT2D eigenvalue weighted by Crippen LogP contribution is 2.44. The fourth-order valence-corrected chi connectivity index (χ4v) is 3.88. The van der Waals surface area contributed by atoms with Gasteiger partial charge in [-0.25, -0.2) is 4.39 Å². The summed E-state index contributed by atoms with van der Waals surface area (Å²) in [6.07, 6.45) is 3.99. The second-order valence-corrected chi connectivity index (χ2v) is 7.45. The summed E-state index contributed by atoms with van der Waals surface area (Å²) in [6, 6.07) is 10.5. The Hall–Kier alpha value is -2.66. The van der Waals surface area contributed by atoms with E-state index in [-0.39, 0.29) is 11.7 Å². The molecule has 1 aliphatic heterocycles. The maximum absolute atomic E-state index is 14.0. The third-order valence-corrected chi connectivity index (χ3v) is 5.61. The SMILES string of the molecule is CCNC(CC)C/C=C1\c2ccc(C(=O)N(CC)CC)cc2Oc2ccc(F)cc21. The molecule has 0 saturated carbocycles. The Morgan fingerprint density at radius 1 is 1.07 bits per heavy atom. The zero-order chi connectivity index (χ0) is 21.7. The minimum Gasteiger partial charge on any atom is -0.456 e. The van der Waals surface area contributed by atoms with E-state index < -0.39 is 0 Å². The van der Waals surface area contributed by atoms with Crippen LogP contribution in [0.5, 0.6) is 11.5 Å². The van der Waals surface area contributed by atoms with Crippen molar-refractivity contribution >= 4 is 11.5 Å². The van der Waals surface area contributed by atoms with Crippen LogP contribution < -0.4 is 10.1 Å². The molecule has 160 valence electrons. The average Bonchev–Trinajstić information content (AvgIpc) is 2.76. The standard InChI is InChI=1S/C25H31FN2O2/c1-5-19(27-6-2)11-13-20-21-12-9-17(25(29)28(7-3)8-4)15-24(21)30-23-14-10-18(26)16-22(20)23/h9-10,12-16,19,27H,5-8,11H2,1-4H3/b20-13+. The van der Waals surface area contributed by atoms with Crippen LogP contribution in [0.15, 0.2) is 42.5 Å². The molecule has 3 rings (SSSR count). The van der Waals surface area contributed by atoms with Gasteiger partial charge in [0.25, 0.3) is 5.91 Å². The van der Waals surface area contributed by atoms with Gasteiger partial charge in [-0.1, -0.05) is 19.9 Å². The molecule has 1 aliphatic rings. The summed E-state index contributed by atoms with van der Waals surface area (Å²) < 4.78 is 20.1. The molecule has 1 amide bonds. The fraction of sp³-hybridized carbons (Fsp3) is 0.400. The van der Waals surface area contributed by atoms with Crippen molar-refractivity contribution in [2.45, 2.75) is 46.6 Å². The number of halogens is 1. The predicted molar refractivity (Wildman–Crippen MR) is 120 cm³/mol. The van der Waals surface area contributed by atoms with Gasteiger partial charge in [0.1, 0.15) is 17.3 Å². The molecule has 5 heteroatoms. The van der Waals surface area contributed by atoms with Crippen LogP contribution in [0, 0.1) is 5.82 Å². The molecule has 0 bridgehead atoms. The van der Waals surface area contributed by atoms with Crippen molar-refractivity contribution in [2.24, 2.45) is 0 Å². The van der Waals surface area contributed by atoms with E-state index in [1.54, 1.807) is 17.0 Å². The van der Waals surface area contributed by atoms with Crippen LogP contribution in [0.4, 0.5) is 4.39 Å². The van der Waals surface area contributed by atoms with Crippen molar-refractivity contribution < 1.29 is 13.9 Å². The number of nitrogens with zero attached hydrogens (tertiary/aromatic N) is 1. The third kappa shape index (κ3) is 4.57. The number of fused-ring (bicyclic) bond motifs is 2. The van der Waals surface area contributed by atoms with Crippen LogP contribution in [-0.4, -0.2) is 36.5 Å². The number of amides is 1. The minimum atomic E-state index is -0.293. The van der Waals surface area contributed by atoms with Crippen molar-refractivity contribution in [1.82, 2.24) is 10.2 Å². The Bertz CT molecular complexity index is 935. The van der Waals surface area contributed by atoms with E-state index in [4.69, 9.17) is 4.74 Å². The molecule has 1 unspecified atom stereocenters. The smallest absolute Gasteiger partial charge is 0.253 e. The molecule has 2 aromatic carbocycles.